The standard InChI is InChI=1S/C16H18N2O2/c1-3-20-14-7-4-12(5-8-14)16(19)18-13-6-9-15(17)11(2)10-13/h4-10H,3,17H2,1-2H3,(H,18,19). The third-order valence-corrected chi connectivity index (χ3v) is 2.96. The summed E-state index contributed by atoms with van der Waals surface area (Å²) in [4.78, 5) is 12.1. The van der Waals surface area contributed by atoms with E-state index in [0.717, 1.165) is 17.0 Å². The number of amides is 1. The largest absolute Gasteiger partial charge is 0.494 e. The summed E-state index contributed by atoms with van der Waals surface area (Å²) in [5.41, 5.74) is 8.72. The minimum absolute atomic E-state index is 0.155. The van der Waals surface area contributed by atoms with E-state index in [1.165, 1.54) is 0 Å². The van der Waals surface area contributed by atoms with Crippen LogP contribution in [0.25, 0.3) is 0 Å². The van der Waals surface area contributed by atoms with E-state index in [9.17, 15) is 4.79 Å². The lowest BCUT2D eigenvalue weighted by Crippen LogP contribution is -2.12. The monoisotopic (exact) mass is 270 g/mol. The van der Waals surface area contributed by atoms with E-state index in [-0.39, 0.29) is 5.91 Å². The van der Waals surface area contributed by atoms with E-state index in [2.05, 4.69) is 5.32 Å². The van der Waals surface area contributed by atoms with Crippen LogP contribution in [0, 0.1) is 6.92 Å². The fourth-order valence-corrected chi connectivity index (χ4v) is 1.83. The minimum Gasteiger partial charge on any atom is -0.494 e. The number of rotatable bonds is 4. The second-order valence-electron chi connectivity index (χ2n) is 4.48. The number of hydrogen-bond donors (Lipinski definition) is 2. The van der Waals surface area contributed by atoms with Gasteiger partial charge in [0.05, 0.1) is 6.61 Å². The fraction of sp³-hybridized carbons (Fsp3) is 0.188. The molecule has 0 saturated carbocycles. The maximum absolute atomic E-state index is 12.1. The molecule has 0 fully saturated rings. The van der Waals surface area contributed by atoms with Gasteiger partial charge in [0.25, 0.3) is 5.91 Å². The highest BCUT2D eigenvalue weighted by molar-refractivity contribution is 6.04. The molecule has 2 aromatic rings. The molecule has 3 N–H and O–H groups in total. The van der Waals surface area contributed by atoms with E-state index >= 15 is 0 Å². The van der Waals surface area contributed by atoms with Crippen LogP contribution in [0.4, 0.5) is 11.4 Å². The highest BCUT2D eigenvalue weighted by Gasteiger charge is 2.07. The number of carbonyl (C=O) groups is 1. The van der Waals surface area contributed by atoms with Crippen LogP contribution >= 0.6 is 0 Å². The second-order valence-corrected chi connectivity index (χ2v) is 4.48. The molecule has 0 spiro atoms. The third kappa shape index (κ3) is 3.29. The lowest BCUT2D eigenvalue weighted by Gasteiger charge is -2.08. The van der Waals surface area contributed by atoms with Crippen molar-refractivity contribution in [2.24, 2.45) is 0 Å². The van der Waals surface area contributed by atoms with Gasteiger partial charge in [0.1, 0.15) is 5.75 Å². The van der Waals surface area contributed by atoms with Crippen LogP contribution < -0.4 is 15.8 Å². The highest BCUT2D eigenvalue weighted by Crippen LogP contribution is 2.18. The quantitative estimate of drug-likeness (QED) is 0.838. The molecule has 4 nitrogen and oxygen atoms in total. The number of benzene rings is 2. The van der Waals surface area contributed by atoms with E-state index in [1.807, 2.05) is 19.9 Å². The van der Waals surface area contributed by atoms with Gasteiger partial charge in [-0.25, -0.2) is 0 Å². The average Bonchev–Trinajstić information content (AvgIpc) is 2.44. The van der Waals surface area contributed by atoms with Gasteiger partial charge in [-0.1, -0.05) is 0 Å². The summed E-state index contributed by atoms with van der Waals surface area (Å²) in [6.07, 6.45) is 0. The van der Waals surface area contributed by atoms with Gasteiger partial charge < -0.3 is 15.8 Å². The average molecular weight is 270 g/mol. The molecule has 0 heterocycles. The van der Waals surface area contributed by atoms with Crippen LogP contribution in [-0.4, -0.2) is 12.5 Å². The van der Waals surface area contributed by atoms with Crippen molar-refractivity contribution in [2.45, 2.75) is 13.8 Å². The van der Waals surface area contributed by atoms with Crippen LogP contribution in [0.1, 0.15) is 22.8 Å². The molecule has 0 atom stereocenters. The molecule has 2 aromatic carbocycles. The van der Waals surface area contributed by atoms with Gasteiger partial charge in [-0.3, -0.25) is 4.79 Å². The third-order valence-electron chi connectivity index (χ3n) is 2.96. The summed E-state index contributed by atoms with van der Waals surface area (Å²) in [7, 11) is 0. The van der Waals surface area contributed by atoms with Crippen molar-refractivity contribution in [1.82, 2.24) is 0 Å². The number of anilines is 2. The van der Waals surface area contributed by atoms with Crippen LogP contribution in [0.15, 0.2) is 42.5 Å². The number of aryl methyl sites for hydroxylation is 1. The lowest BCUT2D eigenvalue weighted by molar-refractivity contribution is 0.102. The van der Waals surface area contributed by atoms with E-state index in [0.29, 0.717) is 17.9 Å². The van der Waals surface area contributed by atoms with Gasteiger partial charge in [0.2, 0.25) is 0 Å². The summed E-state index contributed by atoms with van der Waals surface area (Å²) in [6.45, 7) is 4.43. The Labute approximate surface area is 118 Å². The zero-order valence-electron chi connectivity index (χ0n) is 11.6. The molecule has 0 radical (unpaired) electrons. The van der Waals surface area contributed by atoms with E-state index < -0.39 is 0 Å². The SMILES string of the molecule is CCOc1ccc(C(=O)Nc2ccc(N)c(C)c2)cc1. The molecule has 20 heavy (non-hydrogen) atoms. The molecule has 0 unspecified atom stereocenters. The van der Waals surface area contributed by atoms with Crippen LogP contribution in [0.2, 0.25) is 0 Å². The summed E-state index contributed by atoms with van der Waals surface area (Å²) in [6, 6.07) is 12.5. The predicted octanol–water partition coefficient (Wildman–Crippen LogP) is 3.23. The Morgan fingerprint density at radius 1 is 1.20 bits per heavy atom. The Morgan fingerprint density at radius 2 is 1.90 bits per heavy atom. The van der Waals surface area contributed by atoms with Gasteiger partial charge in [-0.05, 0) is 61.9 Å². The van der Waals surface area contributed by atoms with Gasteiger partial charge in [-0.2, -0.15) is 0 Å². The molecule has 0 saturated heterocycles. The molecule has 1 amide bonds. The topological polar surface area (TPSA) is 64.3 Å². The Balaban J connectivity index is 2.09. The number of ether oxygens (including phenoxy) is 1. The van der Waals surface area contributed by atoms with Crippen molar-refractivity contribution in [3.8, 4) is 5.75 Å². The molecule has 4 heteroatoms. The smallest absolute Gasteiger partial charge is 0.255 e. The number of hydrogen-bond acceptors (Lipinski definition) is 3. The summed E-state index contributed by atoms with van der Waals surface area (Å²) >= 11 is 0. The van der Waals surface area contributed by atoms with Crippen molar-refractivity contribution in [1.29, 1.82) is 0 Å². The first-order valence-electron chi connectivity index (χ1n) is 6.50. The van der Waals surface area contributed by atoms with Crippen molar-refractivity contribution >= 4 is 17.3 Å². The van der Waals surface area contributed by atoms with Gasteiger partial charge in [-0.15, -0.1) is 0 Å². The molecule has 0 aliphatic heterocycles. The number of nitrogen functional groups attached to an aromatic ring is 1. The summed E-state index contributed by atoms with van der Waals surface area (Å²) < 4.78 is 5.34. The first-order valence-corrected chi connectivity index (χ1v) is 6.50. The van der Waals surface area contributed by atoms with Crippen LogP contribution in [-0.2, 0) is 0 Å². The van der Waals surface area contributed by atoms with Crippen molar-refractivity contribution in [3.63, 3.8) is 0 Å². The van der Waals surface area contributed by atoms with Gasteiger partial charge >= 0.3 is 0 Å². The maximum Gasteiger partial charge on any atom is 0.255 e. The Hall–Kier alpha value is -2.49. The van der Waals surface area contributed by atoms with Crippen molar-refractivity contribution < 1.29 is 9.53 Å². The Kier molecular flexibility index (Phi) is 4.25. The van der Waals surface area contributed by atoms with Crippen molar-refractivity contribution in [2.75, 3.05) is 17.7 Å². The first kappa shape index (κ1) is 13.9. The van der Waals surface area contributed by atoms with Gasteiger partial charge in [0, 0.05) is 16.9 Å². The van der Waals surface area contributed by atoms with Crippen LogP contribution in [0.3, 0.4) is 0 Å². The number of carbonyl (C=O) groups excluding carboxylic acids is 1. The molecule has 0 aliphatic carbocycles. The summed E-state index contributed by atoms with van der Waals surface area (Å²) in [5.74, 6) is 0.601. The summed E-state index contributed by atoms with van der Waals surface area (Å²) in [5, 5.41) is 2.84. The predicted molar refractivity (Wildman–Crippen MR) is 81.2 cm³/mol. The molecular weight excluding hydrogens is 252 g/mol. The maximum atomic E-state index is 12.1. The van der Waals surface area contributed by atoms with E-state index in [4.69, 9.17) is 10.5 Å². The number of nitrogens with one attached hydrogen (secondary N) is 1. The highest BCUT2D eigenvalue weighted by atomic mass is 16.5. The molecule has 104 valence electrons. The second kappa shape index (κ2) is 6.10. The molecular formula is C16H18N2O2. The van der Waals surface area contributed by atoms with Crippen molar-refractivity contribution in [3.05, 3.63) is 53.6 Å². The van der Waals surface area contributed by atoms with E-state index in [1.54, 1.807) is 36.4 Å². The lowest BCUT2D eigenvalue weighted by atomic mass is 10.1. The first-order chi connectivity index (χ1) is 9.60. The van der Waals surface area contributed by atoms with Gasteiger partial charge in [0.15, 0.2) is 0 Å². The molecule has 0 aromatic heterocycles. The van der Waals surface area contributed by atoms with Crippen LogP contribution in [0.5, 0.6) is 5.75 Å². The minimum atomic E-state index is -0.155. The Bertz CT molecular complexity index is 606. The Morgan fingerprint density at radius 3 is 2.50 bits per heavy atom. The molecule has 0 bridgehead atoms. The normalized spacial score (nSPS) is 10.1. The zero-order valence-corrected chi connectivity index (χ0v) is 11.6. The molecule has 0 aliphatic rings. The zero-order chi connectivity index (χ0) is 14.5. The molecule has 2 rings (SSSR count). The number of nitrogens with two attached hydrogens (primary N) is 1. The fourth-order valence-electron chi connectivity index (χ4n) is 1.83.